The third-order valence-electron chi connectivity index (χ3n) is 1.95. The van der Waals surface area contributed by atoms with Crippen molar-refractivity contribution in [2.24, 2.45) is 5.73 Å². The molecule has 2 N–H and O–H groups in total. The second-order valence-electron chi connectivity index (χ2n) is 3.74. The third-order valence-corrected chi connectivity index (χ3v) is 2.29. The lowest BCUT2D eigenvalue weighted by molar-refractivity contribution is 0.354. The average Bonchev–Trinajstić information content (AvgIpc) is 2.15. The largest absolute Gasteiger partial charge is 0.488 e. The van der Waals surface area contributed by atoms with Crippen LogP contribution < -0.4 is 10.5 Å². The van der Waals surface area contributed by atoms with Crippen LogP contribution in [0.25, 0.3) is 0 Å². The van der Waals surface area contributed by atoms with Crippen molar-refractivity contribution in [3.05, 3.63) is 40.4 Å². The molecule has 0 fully saturated rings. The molecule has 0 spiro atoms. The first-order valence-corrected chi connectivity index (χ1v) is 5.74. The van der Waals surface area contributed by atoms with Gasteiger partial charge in [0.15, 0.2) is 0 Å². The molecule has 0 aliphatic heterocycles. The van der Waals surface area contributed by atoms with Crippen LogP contribution in [0.3, 0.4) is 0 Å². The van der Waals surface area contributed by atoms with Crippen molar-refractivity contribution in [1.82, 2.24) is 0 Å². The fourth-order valence-electron chi connectivity index (χ4n) is 1.35. The Hall–Kier alpha value is -0.700. The van der Waals surface area contributed by atoms with Gasteiger partial charge in [-0.05, 0) is 37.1 Å². The highest BCUT2D eigenvalue weighted by Crippen LogP contribution is 2.24. The maximum Gasteiger partial charge on any atom is 0.123 e. The van der Waals surface area contributed by atoms with Gasteiger partial charge in [0.1, 0.15) is 12.4 Å². The minimum absolute atomic E-state index is 0.0556. The van der Waals surface area contributed by atoms with Crippen LogP contribution in [0.1, 0.15) is 12.5 Å². The molecule has 0 aliphatic rings. The molecule has 0 saturated carbocycles. The summed E-state index contributed by atoms with van der Waals surface area (Å²) in [5.41, 5.74) is 6.74. The van der Waals surface area contributed by atoms with Crippen LogP contribution >= 0.6 is 23.2 Å². The predicted molar refractivity (Wildman–Crippen MR) is 69.3 cm³/mol. The second kappa shape index (κ2) is 6.14. The predicted octanol–water partition coefficient (Wildman–Crippen LogP) is 3.36. The second-order valence-corrected chi connectivity index (χ2v) is 4.71. The van der Waals surface area contributed by atoms with Crippen molar-refractivity contribution in [1.29, 1.82) is 0 Å². The lowest BCUT2D eigenvalue weighted by Crippen LogP contribution is -2.18. The van der Waals surface area contributed by atoms with Crippen molar-refractivity contribution in [2.75, 3.05) is 6.61 Å². The summed E-state index contributed by atoms with van der Waals surface area (Å²) in [5, 5.41) is 1.13. The number of halogens is 2. The first-order chi connectivity index (χ1) is 7.49. The molecule has 0 saturated heterocycles. The molecule has 0 aliphatic carbocycles. The van der Waals surface area contributed by atoms with Gasteiger partial charge in [-0.25, -0.2) is 0 Å². The molecule has 0 aromatic heterocycles. The molecule has 0 radical (unpaired) electrons. The molecule has 16 heavy (non-hydrogen) atoms. The third kappa shape index (κ3) is 4.44. The smallest absolute Gasteiger partial charge is 0.123 e. The number of benzene rings is 1. The van der Waals surface area contributed by atoms with Gasteiger partial charge in [0.2, 0.25) is 0 Å². The monoisotopic (exact) mass is 259 g/mol. The highest BCUT2D eigenvalue weighted by molar-refractivity contribution is 6.30. The molecular weight excluding hydrogens is 245 g/mol. The van der Waals surface area contributed by atoms with E-state index >= 15 is 0 Å². The summed E-state index contributed by atoms with van der Waals surface area (Å²) in [6.45, 7) is 5.79. The Morgan fingerprint density at radius 2 is 2.25 bits per heavy atom. The molecule has 1 aromatic carbocycles. The molecule has 0 amide bonds. The van der Waals surface area contributed by atoms with E-state index in [4.69, 9.17) is 33.7 Å². The van der Waals surface area contributed by atoms with E-state index in [9.17, 15) is 0 Å². The average molecular weight is 260 g/mol. The Labute approximate surface area is 106 Å². The molecule has 1 unspecified atom stereocenters. The number of rotatable bonds is 5. The van der Waals surface area contributed by atoms with E-state index in [2.05, 4.69) is 6.58 Å². The van der Waals surface area contributed by atoms with Gasteiger partial charge in [0.05, 0.1) is 0 Å². The highest BCUT2D eigenvalue weighted by atomic mass is 35.5. The molecular formula is C12H15Cl2NO. The summed E-state index contributed by atoms with van der Waals surface area (Å²) < 4.78 is 5.51. The lowest BCUT2D eigenvalue weighted by Gasteiger charge is -2.13. The summed E-state index contributed by atoms with van der Waals surface area (Å²) in [4.78, 5) is 0. The molecule has 1 aromatic rings. The molecule has 1 rings (SSSR count). The number of hydrogen-bond donors (Lipinski definition) is 1. The Morgan fingerprint density at radius 3 is 2.81 bits per heavy atom. The molecule has 1 atom stereocenters. The summed E-state index contributed by atoms with van der Waals surface area (Å²) in [6, 6.07) is 5.51. The quantitative estimate of drug-likeness (QED) is 0.881. The summed E-state index contributed by atoms with van der Waals surface area (Å²) in [6.07, 6.45) is 0.713. The zero-order chi connectivity index (χ0) is 12.1. The van der Waals surface area contributed by atoms with Gasteiger partial charge in [-0.15, -0.1) is 0 Å². The summed E-state index contributed by atoms with van der Waals surface area (Å²) in [7, 11) is 0. The van der Waals surface area contributed by atoms with Gasteiger partial charge < -0.3 is 10.5 Å². The highest BCUT2D eigenvalue weighted by Gasteiger charge is 2.07. The van der Waals surface area contributed by atoms with Gasteiger partial charge in [0, 0.05) is 16.1 Å². The van der Waals surface area contributed by atoms with Gasteiger partial charge >= 0.3 is 0 Å². The minimum atomic E-state index is 0.0556. The fraction of sp³-hybridized carbons (Fsp3) is 0.333. The van der Waals surface area contributed by atoms with Crippen LogP contribution in [0.4, 0.5) is 0 Å². The fourth-order valence-corrected chi connectivity index (χ4v) is 1.60. The van der Waals surface area contributed by atoms with Gasteiger partial charge in [-0.1, -0.05) is 29.8 Å². The Kier molecular flexibility index (Phi) is 5.13. The Morgan fingerprint density at radius 1 is 1.56 bits per heavy atom. The van der Waals surface area contributed by atoms with E-state index < -0.39 is 0 Å². The first-order valence-electron chi connectivity index (χ1n) is 4.99. The van der Waals surface area contributed by atoms with Gasteiger partial charge in [-0.3, -0.25) is 0 Å². The molecule has 2 nitrogen and oxygen atoms in total. The van der Waals surface area contributed by atoms with E-state index in [-0.39, 0.29) is 12.6 Å². The first kappa shape index (κ1) is 13.4. The standard InChI is InChI=1S/C12H15Cl2NO/c1-8(13)7-16-12-4-3-11(14)6-10(12)5-9(2)15/h3-4,6,9H,1,5,7,15H2,2H3. The number of ether oxygens (including phenoxy) is 1. The minimum Gasteiger partial charge on any atom is -0.488 e. The molecule has 88 valence electrons. The van der Waals surface area contributed by atoms with Crippen LogP contribution in [0.5, 0.6) is 5.75 Å². The van der Waals surface area contributed by atoms with Crippen LogP contribution in [-0.4, -0.2) is 12.6 Å². The van der Waals surface area contributed by atoms with E-state index in [0.717, 1.165) is 11.3 Å². The maximum absolute atomic E-state index is 5.92. The van der Waals surface area contributed by atoms with Gasteiger partial charge in [0.25, 0.3) is 0 Å². The normalized spacial score (nSPS) is 12.2. The zero-order valence-corrected chi connectivity index (χ0v) is 10.7. The van der Waals surface area contributed by atoms with E-state index in [1.165, 1.54) is 0 Å². The van der Waals surface area contributed by atoms with Crippen LogP contribution in [0.15, 0.2) is 29.8 Å². The summed E-state index contributed by atoms with van der Waals surface area (Å²) >= 11 is 11.6. The van der Waals surface area contributed by atoms with Crippen molar-refractivity contribution in [3.63, 3.8) is 0 Å². The van der Waals surface area contributed by atoms with E-state index in [1.807, 2.05) is 19.1 Å². The molecule has 4 heteroatoms. The van der Waals surface area contributed by atoms with Crippen molar-refractivity contribution in [3.8, 4) is 5.75 Å². The topological polar surface area (TPSA) is 35.2 Å². The Bertz CT molecular complexity index is 377. The molecule has 0 bridgehead atoms. The lowest BCUT2D eigenvalue weighted by atomic mass is 10.1. The number of hydrogen-bond acceptors (Lipinski definition) is 2. The SMILES string of the molecule is C=C(Cl)COc1ccc(Cl)cc1CC(C)N. The van der Waals surface area contributed by atoms with Crippen LogP contribution in [0.2, 0.25) is 5.02 Å². The van der Waals surface area contributed by atoms with Crippen molar-refractivity contribution in [2.45, 2.75) is 19.4 Å². The number of nitrogens with two attached hydrogens (primary N) is 1. The van der Waals surface area contributed by atoms with E-state index in [0.29, 0.717) is 16.5 Å². The summed E-state index contributed by atoms with van der Waals surface area (Å²) in [5.74, 6) is 0.753. The molecule has 0 heterocycles. The van der Waals surface area contributed by atoms with E-state index in [1.54, 1.807) is 6.07 Å². The zero-order valence-electron chi connectivity index (χ0n) is 9.17. The van der Waals surface area contributed by atoms with Crippen LogP contribution in [0, 0.1) is 0 Å². The van der Waals surface area contributed by atoms with Crippen molar-refractivity contribution < 1.29 is 4.74 Å². The van der Waals surface area contributed by atoms with Crippen molar-refractivity contribution >= 4 is 23.2 Å². The van der Waals surface area contributed by atoms with Gasteiger partial charge in [-0.2, -0.15) is 0 Å². The maximum atomic E-state index is 5.92. The Balaban J connectivity index is 2.84. The van der Waals surface area contributed by atoms with Crippen LogP contribution in [-0.2, 0) is 6.42 Å².